The fourth-order valence-electron chi connectivity index (χ4n) is 2.95. The zero-order valence-corrected chi connectivity index (χ0v) is 18.3. The van der Waals surface area contributed by atoms with Crippen molar-refractivity contribution in [3.05, 3.63) is 72.5 Å². The van der Waals surface area contributed by atoms with Crippen LogP contribution in [0.25, 0.3) is 0 Å². The van der Waals surface area contributed by atoms with Crippen molar-refractivity contribution in [2.75, 3.05) is 29.0 Å². The summed E-state index contributed by atoms with van der Waals surface area (Å²) in [6.07, 6.45) is 0. The predicted molar refractivity (Wildman–Crippen MR) is 120 cm³/mol. The molecule has 10 heteroatoms. The van der Waals surface area contributed by atoms with Crippen LogP contribution in [0.15, 0.2) is 76.5 Å². The van der Waals surface area contributed by atoms with E-state index in [0.29, 0.717) is 30.4 Å². The molecule has 0 aliphatic carbocycles. The molecule has 1 heterocycles. The number of sulfonamides is 1. The van der Waals surface area contributed by atoms with Crippen LogP contribution in [-0.2, 0) is 14.8 Å². The molecular formula is C22H19FN2O5S2. The van der Waals surface area contributed by atoms with E-state index in [2.05, 4.69) is 10.0 Å². The SMILES string of the molecule is O=C(CSc1ccc2c(c1)OCCO2)Nc1ccccc1NS(=O)(=O)c1ccc(F)cc1. The predicted octanol–water partition coefficient (Wildman–Crippen LogP) is 4.13. The average molecular weight is 475 g/mol. The van der Waals surface area contributed by atoms with Crippen molar-refractivity contribution in [2.45, 2.75) is 9.79 Å². The summed E-state index contributed by atoms with van der Waals surface area (Å²) >= 11 is 1.32. The van der Waals surface area contributed by atoms with Gasteiger partial charge in [-0.15, -0.1) is 11.8 Å². The summed E-state index contributed by atoms with van der Waals surface area (Å²) in [5.41, 5.74) is 0.514. The van der Waals surface area contributed by atoms with Gasteiger partial charge in [0.2, 0.25) is 5.91 Å². The van der Waals surface area contributed by atoms with Crippen molar-refractivity contribution in [3.63, 3.8) is 0 Å². The molecule has 0 saturated carbocycles. The van der Waals surface area contributed by atoms with E-state index in [1.54, 1.807) is 24.3 Å². The molecule has 0 bridgehead atoms. The van der Waals surface area contributed by atoms with Crippen LogP contribution in [0.5, 0.6) is 11.5 Å². The number of fused-ring (bicyclic) bond motifs is 1. The molecule has 3 aromatic rings. The Morgan fingerprint density at radius 1 is 0.938 bits per heavy atom. The minimum absolute atomic E-state index is 0.0887. The first-order valence-corrected chi connectivity index (χ1v) is 12.1. The van der Waals surface area contributed by atoms with E-state index in [0.717, 1.165) is 17.0 Å². The highest BCUT2D eigenvalue weighted by molar-refractivity contribution is 8.00. The van der Waals surface area contributed by atoms with Gasteiger partial charge in [0.05, 0.1) is 22.0 Å². The summed E-state index contributed by atoms with van der Waals surface area (Å²) in [4.78, 5) is 13.2. The maximum Gasteiger partial charge on any atom is 0.261 e. The van der Waals surface area contributed by atoms with Gasteiger partial charge in [-0.1, -0.05) is 12.1 Å². The fraction of sp³-hybridized carbons (Fsp3) is 0.136. The number of amides is 1. The number of carbonyl (C=O) groups is 1. The molecule has 0 fully saturated rings. The van der Waals surface area contributed by atoms with Crippen LogP contribution in [0.2, 0.25) is 0 Å². The lowest BCUT2D eigenvalue weighted by Gasteiger charge is -2.18. The number of hydrogen-bond donors (Lipinski definition) is 2. The number of carbonyl (C=O) groups excluding carboxylic acids is 1. The Labute approximate surface area is 189 Å². The zero-order chi connectivity index (χ0) is 22.6. The number of anilines is 2. The van der Waals surface area contributed by atoms with Crippen LogP contribution in [0, 0.1) is 5.82 Å². The lowest BCUT2D eigenvalue weighted by atomic mass is 10.3. The Bertz CT molecular complexity index is 1230. The summed E-state index contributed by atoms with van der Waals surface area (Å²) < 4.78 is 51.8. The third-order valence-electron chi connectivity index (χ3n) is 4.45. The van der Waals surface area contributed by atoms with E-state index in [1.165, 1.54) is 30.0 Å². The second kappa shape index (κ2) is 9.49. The van der Waals surface area contributed by atoms with E-state index in [4.69, 9.17) is 9.47 Å². The standard InChI is InChI=1S/C22H19FN2O5S2/c23-15-5-8-17(9-6-15)32(27,28)25-19-4-2-1-3-18(19)24-22(26)14-31-16-7-10-20-21(13-16)30-12-11-29-20/h1-10,13,25H,11-12,14H2,(H,24,26). The van der Waals surface area contributed by atoms with Gasteiger partial charge in [-0.2, -0.15) is 0 Å². The third-order valence-corrected chi connectivity index (χ3v) is 6.83. The first kappa shape index (κ1) is 22.0. The first-order valence-electron chi connectivity index (χ1n) is 9.60. The molecule has 0 radical (unpaired) electrons. The molecule has 0 aromatic heterocycles. The Morgan fingerprint density at radius 3 is 2.38 bits per heavy atom. The van der Waals surface area contributed by atoms with Crippen LogP contribution < -0.4 is 19.5 Å². The van der Waals surface area contributed by atoms with E-state index in [-0.39, 0.29) is 22.2 Å². The highest BCUT2D eigenvalue weighted by Gasteiger charge is 2.17. The second-order valence-electron chi connectivity index (χ2n) is 6.75. The minimum atomic E-state index is -3.95. The van der Waals surface area contributed by atoms with E-state index in [1.807, 2.05) is 12.1 Å². The second-order valence-corrected chi connectivity index (χ2v) is 9.48. The van der Waals surface area contributed by atoms with Crippen LogP contribution in [-0.4, -0.2) is 33.3 Å². The summed E-state index contributed by atoms with van der Waals surface area (Å²) in [7, 11) is -3.95. The lowest BCUT2D eigenvalue weighted by molar-refractivity contribution is -0.113. The van der Waals surface area contributed by atoms with Gasteiger partial charge in [0.1, 0.15) is 19.0 Å². The molecule has 4 rings (SSSR count). The van der Waals surface area contributed by atoms with Gasteiger partial charge < -0.3 is 14.8 Å². The third kappa shape index (κ3) is 5.32. The quantitative estimate of drug-likeness (QED) is 0.500. The number of rotatable bonds is 7. The van der Waals surface area contributed by atoms with Crippen molar-refractivity contribution in [2.24, 2.45) is 0 Å². The van der Waals surface area contributed by atoms with Crippen LogP contribution in [0.4, 0.5) is 15.8 Å². The Balaban J connectivity index is 1.41. The Kier molecular flexibility index (Phi) is 6.52. The van der Waals surface area contributed by atoms with Gasteiger partial charge in [-0.3, -0.25) is 9.52 Å². The van der Waals surface area contributed by atoms with Gasteiger partial charge in [0.25, 0.3) is 10.0 Å². The van der Waals surface area contributed by atoms with Crippen LogP contribution in [0.3, 0.4) is 0 Å². The minimum Gasteiger partial charge on any atom is -0.486 e. The maximum atomic E-state index is 13.1. The molecule has 32 heavy (non-hydrogen) atoms. The molecule has 2 N–H and O–H groups in total. The van der Waals surface area contributed by atoms with E-state index >= 15 is 0 Å². The summed E-state index contributed by atoms with van der Waals surface area (Å²) in [6.45, 7) is 0.985. The Morgan fingerprint density at radius 2 is 1.62 bits per heavy atom. The van der Waals surface area contributed by atoms with Crippen molar-refractivity contribution in [1.29, 1.82) is 0 Å². The zero-order valence-electron chi connectivity index (χ0n) is 16.7. The molecule has 1 aliphatic rings. The lowest BCUT2D eigenvalue weighted by Crippen LogP contribution is -2.18. The molecule has 0 unspecified atom stereocenters. The highest BCUT2D eigenvalue weighted by Crippen LogP contribution is 2.34. The molecule has 166 valence electrons. The molecule has 0 spiro atoms. The molecule has 7 nitrogen and oxygen atoms in total. The summed E-state index contributed by atoms with van der Waals surface area (Å²) in [5, 5.41) is 2.72. The van der Waals surface area contributed by atoms with Crippen LogP contribution >= 0.6 is 11.8 Å². The topological polar surface area (TPSA) is 93.7 Å². The number of nitrogens with one attached hydrogen (secondary N) is 2. The molecule has 1 aliphatic heterocycles. The van der Waals surface area contributed by atoms with Gasteiger partial charge in [-0.25, -0.2) is 12.8 Å². The van der Waals surface area contributed by atoms with Gasteiger partial charge in [-0.05, 0) is 54.6 Å². The number of benzene rings is 3. The monoisotopic (exact) mass is 474 g/mol. The van der Waals surface area contributed by atoms with E-state index < -0.39 is 15.8 Å². The maximum absolute atomic E-state index is 13.1. The smallest absolute Gasteiger partial charge is 0.261 e. The van der Waals surface area contributed by atoms with Crippen molar-refractivity contribution < 1.29 is 27.1 Å². The fourth-order valence-corrected chi connectivity index (χ4v) is 4.75. The van der Waals surface area contributed by atoms with Gasteiger partial charge >= 0.3 is 0 Å². The largest absolute Gasteiger partial charge is 0.486 e. The first-order chi connectivity index (χ1) is 15.4. The van der Waals surface area contributed by atoms with Crippen LogP contribution in [0.1, 0.15) is 0 Å². The van der Waals surface area contributed by atoms with Gasteiger partial charge in [0, 0.05) is 4.90 Å². The highest BCUT2D eigenvalue weighted by atomic mass is 32.2. The molecule has 0 atom stereocenters. The molecular weight excluding hydrogens is 455 g/mol. The molecule has 0 saturated heterocycles. The summed E-state index contributed by atoms with van der Waals surface area (Å²) in [6, 6.07) is 16.4. The summed E-state index contributed by atoms with van der Waals surface area (Å²) in [5.74, 6) is 0.582. The van der Waals surface area contributed by atoms with Crippen molar-refractivity contribution in [3.8, 4) is 11.5 Å². The normalized spacial score (nSPS) is 12.8. The average Bonchev–Trinajstić information content (AvgIpc) is 2.79. The Hall–Kier alpha value is -3.24. The van der Waals surface area contributed by atoms with E-state index in [9.17, 15) is 17.6 Å². The molecule has 1 amide bonds. The number of ether oxygens (including phenoxy) is 2. The molecule has 3 aromatic carbocycles. The number of para-hydroxylation sites is 2. The van der Waals surface area contributed by atoms with Crippen molar-refractivity contribution in [1.82, 2.24) is 0 Å². The number of halogens is 1. The van der Waals surface area contributed by atoms with Gasteiger partial charge in [0.15, 0.2) is 11.5 Å². The number of hydrogen-bond acceptors (Lipinski definition) is 6. The number of thioether (sulfide) groups is 1. The van der Waals surface area contributed by atoms with Crippen molar-refractivity contribution >= 4 is 39.1 Å².